The number of aromatic nitrogens is 5. The SMILES string of the molecule is C=c1[nH]n(-c2nnc(C)c(=O)[nH]2)c(=O)/c1=C\c1ccc(N(CC)CC)cc1. The maximum Gasteiger partial charge on any atom is 0.281 e. The first-order chi connectivity index (χ1) is 12.9. The number of benzene rings is 1. The summed E-state index contributed by atoms with van der Waals surface area (Å²) >= 11 is 0. The number of aryl methyl sites for hydroxylation is 1. The monoisotopic (exact) mass is 366 g/mol. The van der Waals surface area contributed by atoms with Gasteiger partial charge in [-0.1, -0.05) is 18.7 Å². The van der Waals surface area contributed by atoms with Gasteiger partial charge in [-0.15, -0.1) is 10.2 Å². The van der Waals surface area contributed by atoms with Gasteiger partial charge < -0.3 is 4.90 Å². The molecule has 2 heterocycles. The van der Waals surface area contributed by atoms with Crippen molar-refractivity contribution in [2.45, 2.75) is 20.8 Å². The summed E-state index contributed by atoms with van der Waals surface area (Å²) in [6.07, 6.45) is 1.75. The molecule has 2 N–H and O–H groups in total. The Bertz CT molecular complexity index is 1170. The molecular formula is C19H22N6O2. The maximum atomic E-state index is 12.7. The predicted molar refractivity (Wildman–Crippen MR) is 106 cm³/mol. The van der Waals surface area contributed by atoms with Crippen LogP contribution in [0.15, 0.2) is 33.9 Å². The van der Waals surface area contributed by atoms with Gasteiger partial charge in [0.25, 0.3) is 17.1 Å². The van der Waals surface area contributed by atoms with Crippen molar-refractivity contribution in [3.63, 3.8) is 0 Å². The molecule has 0 bridgehead atoms. The third-order valence-electron chi connectivity index (χ3n) is 4.40. The Hall–Kier alpha value is -3.42. The van der Waals surface area contributed by atoms with Gasteiger partial charge in [-0.2, -0.15) is 4.68 Å². The van der Waals surface area contributed by atoms with Crippen LogP contribution in [0.3, 0.4) is 0 Å². The number of nitrogens with one attached hydrogen (secondary N) is 2. The second kappa shape index (κ2) is 7.45. The first kappa shape index (κ1) is 18.4. The number of nitrogens with zero attached hydrogens (tertiary/aromatic N) is 4. The van der Waals surface area contributed by atoms with Gasteiger partial charge in [-0.05, 0) is 44.5 Å². The minimum Gasteiger partial charge on any atom is -0.372 e. The third-order valence-corrected chi connectivity index (χ3v) is 4.40. The molecule has 0 saturated heterocycles. The van der Waals surface area contributed by atoms with Crippen molar-refractivity contribution < 1.29 is 0 Å². The van der Waals surface area contributed by atoms with Crippen LogP contribution in [0.1, 0.15) is 25.1 Å². The minimum absolute atomic E-state index is 0.0250. The lowest BCUT2D eigenvalue weighted by Crippen LogP contribution is -2.34. The second-order valence-electron chi connectivity index (χ2n) is 6.12. The zero-order valence-electron chi connectivity index (χ0n) is 15.6. The smallest absolute Gasteiger partial charge is 0.281 e. The zero-order valence-corrected chi connectivity index (χ0v) is 15.6. The average Bonchev–Trinajstić information content (AvgIpc) is 2.94. The minimum atomic E-state index is -0.398. The lowest BCUT2D eigenvalue weighted by molar-refractivity contribution is 0.730. The van der Waals surface area contributed by atoms with Crippen LogP contribution in [0, 0.1) is 6.92 Å². The van der Waals surface area contributed by atoms with E-state index in [-0.39, 0.29) is 17.2 Å². The number of hydrogen-bond donors (Lipinski definition) is 2. The first-order valence-electron chi connectivity index (χ1n) is 8.75. The molecule has 0 radical (unpaired) electrons. The van der Waals surface area contributed by atoms with Crippen LogP contribution in [0.5, 0.6) is 0 Å². The number of aromatic amines is 2. The molecule has 0 spiro atoms. The lowest BCUT2D eigenvalue weighted by atomic mass is 10.1. The highest BCUT2D eigenvalue weighted by Crippen LogP contribution is 2.14. The largest absolute Gasteiger partial charge is 0.372 e. The lowest BCUT2D eigenvalue weighted by Gasteiger charge is -2.20. The van der Waals surface area contributed by atoms with Crippen molar-refractivity contribution in [1.82, 2.24) is 25.0 Å². The van der Waals surface area contributed by atoms with E-state index in [1.807, 2.05) is 24.3 Å². The summed E-state index contributed by atoms with van der Waals surface area (Å²) in [5.74, 6) is 0.0250. The van der Waals surface area contributed by atoms with Gasteiger partial charge in [0.05, 0.1) is 10.6 Å². The third kappa shape index (κ3) is 3.59. The fourth-order valence-electron chi connectivity index (χ4n) is 2.82. The number of rotatable bonds is 5. The molecule has 0 amide bonds. The molecule has 27 heavy (non-hydrogen) atoms. The van der Waals surface area contributed by atoms with Crippen LogP contribution in [-0.2, 0) is 0 Å². The summed E-state index contributed by atoms with van der Waals surface area (Å²) in [7, 11) is 0. The number of anilines is 1. The van der Waals surface area contributed by atoms with Crippen LogP contribution in [-0.4, -0.2) is 38.1 Å². The van der Waals surface area contributed by atoms with E-state index in [2.05, 4.69) is 45.6 Å². The summed E-state index contributed by atoms with van der Waals surface area (Å²) in [6, 6.07) is 7.96. The molecule has 0 aliphatic rings. The number of hydrogen-bond acceptors (Lipinski definition) is 5. The molecule has 0 aliphatic heterocycles. The Morgan fingerprint density at radius 3 is 2.41 bits per heavy atom. The first-order valence-corrected chi connectivity index (χ1v) is 8.75. The maximum absolute atomic E-state index is 12.7. The highest BCUT2D eigenvalue weighted by molar-refractivity contribution is 5.56. The van der Waals surface area contributed by atoms with E-state index in [0.717, 1.165) is 29.0 Å². The Kier molecular flexibility index (Phi) is 5.07. The molecule has 140 valence electrons. The molecule has 2 aromatic heterocycles. The fraction of sp³-hybridized carbons (Fsp3) is 0.263. The summed E-state index contributed by atoms with van der Waals surface area (Å²) in [5.41, 5.74) is 1.48. The van der Waals surface area contributed by atoms with Gasteiger partial charge in [0.15, 0.2) is 0 Å². The van der Waals surface area contributed by atoms with Crippen LogP contribution < -0.4 is 26.6 Å². The molecule has 8 heteroatoms. The van der Waals surface area contributed by atoms with E-state index in [0.29, 0.717) is 10.6 Å². The van der Waals surface area contributed by atoms with Gasteiger partial charge >= 0.3 is 0 Å². The van der Waals surface area contributed by atoms with Crippen LogP contribution in [0.4, 0.5) is 5.69 Å². The molecule has 0 aliphatic carbocycles. The Balaban J connectivity index is 2.04. The zero-order chi connectivity index (χ0) is 19.6. The fourth-order valence-corrected chi connectivity index (χ4v) is 2.82. The van der Waals surface area contributed by atoms with E-state index in [1.165, 1.54) is 0 Å². The standard InChI is InChI=1S/C19H22N6O2/c1-5-24(6-2)15-9-7-14(8-10-15)11-16-12(3)23-25(18(16)27)19-20-17(26)13(4)21-22-19/h7-11,23H,3,5-6H2,1-2,4H3,(H,20,22,26)/b16-11-. The molecule has 0 saturated carbocycles. The highest BCUT2D eigenvalue weighted by atomic mass is 16.1. The van der Waals surface area contributed by atoms with E-state index in [4.69, 9.17) is 0 Å². The molecule has 0 fully saturated rings. The van der Waals surface area contributed by atoms with Crippen molar-refractivity contribution in [1.29, 1.82) is 0 Å². The summed E-state index contributed by atoms with van der Waals surface area (Å²) in [4.78, 5) is 29.2. The summed E-state index contributed by atoms with van der Waals surface area (Å²) in [5, 5.41) is 11.3. The Morgan fingerprint density at radius 1 is 1.15 bits per heavy atom. The van der Waals surface area contributed by atoms with Gasteiger partial charge in [-0.25, -0.2) is 0 Å². The molecule has 1 aromatic carbocycles. The van der Waals surface area contributed by atoms with Crippen molar-refractivity contribution in [2.75, 3.05) is 18.0 Å². The quantitative estimate of drug-likeness (QED) is 0.664. The van der Waals surface area contributed by atoms with Crippen molar-refractivity contribution in [3.8, 4) is 5.95 Å². The van der Waals surface area contributed by atoms with Crippen molar-refractivity contribution in [2.24, 2.45) is 0 Å². The van der Waals surface area contributed by atoms with E-state index in [9.17, 15) is 9.59 Å². The van der Waals surface area contributed by atoms with E-state index < -0.39 is 5.56 Å². The van der Waals surface area contributed by atoms with Gasteiger partial charge in [0.1, 0.15) is 5.69 Å². The summed E-state index contributed by atoms with van der Waals surface area (Å²) < 4.78 is 1.13. The Morgan fingerprint density at radius 2 is 1.81 bits per heavy atom. The van der Waals surface area contributed by atoms with Gasteiger partial charge in [0.2, 0.25) is 0 Å². The van der Waals surface area contributed by atoms with Gasteiger partial charge in [0, 0.05) is 18.8 Å². The topological polar surface area (TPSA) is 99.7 Å². The molecule has 0 atom stereocenters. The van der Waals surface area contributed by atoms with Crippen LogP contribution in [0.25, 0.3) is 18.6 Å². The van der Waals surface area contributed by atoms with E-state index in [1.54, 1.807) is 13.0 Å². The van der Waals surface area contributed by atoms with Crippen LogP contribution in [0.2, 0.25) is 0 Å². The van der Waals surface area contributed by atoms with Crippen LogP contribution >= 0.6 is 0 Å². The van der Waals surface area contributed by atoms with Crippen molar-refractivity contribution >= 4 is 18.3 Å². The van der Waals surface area contributed by atoms with Crippen molar-refractivity contribution in [3.05, 3.63) is 66.8 Å². The number of H-pyrrole nitrogens is 2. The normalized spacial score (nSPS) is 11.7. The molecular weight excluding hydrogens is 344 g/mol. The molecule has 3 aromatic rings. The Labute approximate surface area is 155 Å². The molecule has 8 nitrogen and oxygen atoms in total. The highest BCUT2D eigenvalue weighted by Gasteiger charge is 2.09. The molecule has 0 unspecified atom stereocenters. The second-order valence-corrected chi connectivity index (χ2v) is 6.12. The van der Waals surface area contributed by atoms with Gasteiger partial charge in [-0.3, -0.25) is 19.7 Å². The average molecular weight is 366 g/mol. The molecule has 3 rings (SSSR count). The van der Waals surface area contributed by atoms with E-state index >= 15 is 0 Å². The summed E-state index contributed by atoms with van der Waals surface area (Å²) in [6.45, 7) is 11.5. The predicted octanol–water partition coefficient (Wildman–Crippen LogP) is 0.0376.